The van der Waals surface area contributed by atoms with E-state index in [0.717, 1.165) is 32.7 Å². The van der Waals surface area contributed by atoms with Gasteiger partial charge in [-0.15, -0.1) is 6.58 Å². The normalized spacial score (nSPS) is 16.5. The zero-order chi connectivity index (χ0) is 13.5. The summed E-state index contributed by atoms with van der Waals surface area (Å²) in [6, 6.07) is 2.17. The molecule has 0 saturated carbocycles. The molecule has 0 aromatic carbocycles. The Hall–Kier alpha value is -1.17. The van der Waals surface area contributed by atoms with E-state index >= 15 is 0 Å². The SMILES string of the molecule is C=CCNCC(=O)N1CCN(Cc2ccsc2)CC1. The summed E-state index contributed by atoms with van der Waals surface area (Å²) in [7, 11) is 0. The van der Waals surface area contributed by atoms with Crippen LogP contribution in [0.3, 0.4) is 0 Å². The minimum absolute atomic E-state index is 0.192. The number of hydrogen-bond donors (Lipinski definition) is 1. The van der Waals surface area contributed by atoms with Gasteiger partial charge in [-0.25, -0.2) is 0 Å². The molecule has 4 nitrogen and oxygen atoms in total. The van der Waals surface area contributed by atoms with Crippen LogP contribution in [0.25, 0.3) is 0 Å². The zero-order valence-corrected chi connectivity index (χ0v) is 12.0. The number of rotatable bonds is 6. The van der Waals surface area contributed by atoms with Crippen molar-refractivity contribution >= 4 is 17.2 Å². The fraction of sp³-hybridized carbons (Fsp3) is 0.500. The number of carbonyl (C=O) groups excluding carboxylic acids is 1. The summed E-state index contributed by atoms with van der Waals surface area (Å²) in [5.74, 6) is 0.192. The molecule has 1 aromatic rings. The summed E-state index contributed by atoms with van der Waals surface area (Å²) in [6.45, 7) is 9.31. The number of piperazine rings is 1. The van der Waals surface area contributed by atoms with Crippen molar-refractivity contribution < 1.29 is 4.79 Å². The van der Waals surface area contributed by atoms with Crippen molar-refractivity contribution in [1.82, 2.24) is 15.1 Å². The predicted octanol–water partition coefficient (Wildman–Crippen LogP) is 1.17. The average molecular weight is 279 g/mol. The molecule has 0 aliphatic carbocycles. The van der Waals surface area contributed by atoms with E-state index in [1.807, 2.05) is 4.90 Å². The zero-order valence-electron chi connectivity index (χ0n) is 11.2. The van der Waals surface area contributed by atoms with Gasteiger partial charge in [-0.2, -0.15) is 11.3 Å². The average Bonchev–Trinajstić information content (AvgIpc) is 2.93. The Bertz CT molecular complexity index is 397. The van der Waals surface area contributed by atoms with Gasteiger partial charge in [0.2, 0.25) is 5.91 Å². The van der Waals surface area contributed by atoms with Crippen LogP contribution in [0.4, 0.5) is 0 Å². The Kier molecular flexibility index (Phi) is 5.57. The molecule has 1 aliphatic heterocycles. The van der Waals surface area contributed by atoms with Gasteiger partial charge in [0, 0.05) is 39.3 Å². The van der Waals surface area contributed by atoms with Crippen LogP contribution in [-0.2, 0) is 11.3 Å². The Labute approximate surface area is 118 Å². The fourth-order valence-electron chi connectivity index (χ4n) is 2.19. The van der Waals surface area contributed by atoms with Crippen LogP contribution in [0, 0.1) is 0 Å². The summed E-state index contributed by atoms with van der Waals surface area (Å²) < 4.78 is 0. The quantitative estimate of drug-likeness (QED) is 0.627. The largest absolute Gasteiger partial charge is 0.339 e. The van der Waals surface area contributed by atoms with Gasteiger partial charge < -0.3 is 10.2 Å². The van der Waals surface area contributed by atoms with Gasteiger partial charge >= 0.3 is 0 Å². The highest BCUT2D eigenvalue weighted by Gasteiger charge is 2.20. The third kappa shape index (κ3) is 4.45. The lowest BCUT2D eigenvalue weighted by Crippen LogP contribution is -2.50. The van der Waals surface area contributed by atoms with E-state index in [1.165, 1.54) is 5.56 Å². The first-order chi connectivity index (χ1) is 9.29. The molecule has 0 radical (unpaired) electrons. The Morgan fingerprint density at radius 1 is 1.42 bits per heavy atom. The number of thiophene rings is 1. The highest BCUT2D eigenvalue weighted by Crippen LogP contribution is 2.11. The second-order valence-electron chi connectivity index (χ2n) is 4.71. The van der Waals surface area contributed by atoms with E-state index in [4.69, 9.17) is 0 Å². The molecule has 1 saturated heterocycles. The Morgan fingerprint density at radius 2 is 2.21 bits per heavy atom. The molecule has 1 aliphatic rings. The summed E-state index contributed by atoms with van der Waals surface area (Å²) in [4.78, 5) is 16.3. The summed E-state index contributed by atoms with van der Waals surface area (Å²) in [6.07, 6.45) is 1.77. The molecule has 2 rings (SSSR count). The minimum atomic E-state index is 0.192. The van der Waals surface area contributed by atoms with E-state index in [1.54, 1.807) is 17.4 Å². The van der Waals surface area contributed by atoms with Crippen molar-refractivity contribution in [3.8, 4) is 0 Å². The molecular formula is C14H21N3OS. The molecule has 1 aromatic heterocycles. The van der Waals surface area contributed by atoms with Crippen LogP contribution < -0.4 is 5.32 Å². The van der Waals surface area contributed by atoms with E-state index in [2.05, 4.69) is 33.6 Å². The maximum absolute atomic E-state index is 11.9. The number of amides is 1. The van der Waals surface area contributed by atoms with Gasteiger partial charge in [-0.1, -0.05) is 6.08 Å². The van der Waals surface area contributed by atoms with Crippen molar-refractivity contribution in [2.45, 2.75) is 6.54 Å². The maximum Gasteiger partial charge on any atom is 0.236 e. The summed E-state index contributed by atoms with van der Waals surface area (Å²) in [5, 5.41) is 7.36. The van der Waals surface area contributed by atoms with Crippen LogP contribution >= 0.6 is 11.3 Å². The molecule has 0 atom stereocenters. The molecule has 5 heteroatoms. The van der Waals surface area contributed by atoms with Crippen molar-refractivity contribution in [1.29, 1.82) is 0 Å². The second-order valence-corrected chi connectivity index (χ2v) is 5.49. The lowest BCUT2D eigenvalue weighted by Gasteiger charge is -2.34. The van der Waals surface area contributed by atoms with Crippen LogP contribution in [0.2, 0.25) is 0 Å². The van der Waals surface area contributed by atoms with Gasteiger partial charge in [0.15, 0.2) is 0 Å². The van der Waals surface area contributed by atoms with Crippen molar-refractivity contribution in [3.05, 3.63) is 35.0 Å². The van der Waals surface area contributed by atoms with Crippen molar-refractivity contribution in [2.24, 2.45) is 0 Å². The van der Waals surface area contributed by atoms with Gasteiger partial charge in [-0.3, -0.25) is 9.69 Å². The third-order valence-electron chi connectivity index (χ3n) is 3.28. The summed E-state index contributed by atoms with van der Waals surface area (Å²) >= 11 is 1.74. The van der Waals surface area contributed by atoms with E-state index in [-0.39, 0.29) is 5.91 Å². The van der Waals surface area contributed by atoms with E-state index in [0.29, 0.717) is 13.1 Å². The molecule has 1 N–H and O–H groups in total. The van der Waals surface area contributed by atoms with E-state index in [9.17, 15) is 4.79 Å². The van der Waals surface area contributed by atoms with E-state index < -0.39 is 0 Å². The molecule has 1 amide bonds. The van der Waals surface area contributed by atoms with Crippen molar-refractivity contribution in [2.75, 3.05) is 39.3 Å². The smallest absolute Gasteiger partial charge is 0.236 e. The molecular weight excluding hydrogens is 258 g/mol. The summed E-state index contributed by atoms with van der Waals surface area (Å²) in [5.41, 5.74) is 1.37. The lowest BCUT2D eigenvalue weighted by atomic mass is 10.2. The first-order valence-corrected chi connectivity index (χ1v) is 7.56. The van der Waals surface area contributed by atoms with Crippen LogP contribution in [-0.4, -0.2) is 55.0 Å². The molecule has 0 spiro atoms. The highest BCUT2D eigenvalue weighted by molar-refractivity contribution is 7.07. The number of carbonyl (C=O) groups is 1. The molecule has 1 fully saturated rings. The Morgan fingerprint density at radius 3 is 2.84 bits per heavy atom. The molecule has 2 heterocycles. The molecule has 0 bridgehead atoms. The minimum Gasteiger partial charge on any atom is -0.339 e. The number of hydrogen-bond acceptors (Lipinski definition) is 4. The first-order valence-electron chi connectivity index (χ1n) is 6.62. The van der Waals surface area contributed by atoms with Gasteiger partial charge in [0.1, 0.15) is 0 Å². The lowest BCUT2D eigenvalue weighted by molar-refractivity contribution is -0.132. The van der Waals surface area contributed by atoms with Crippen molar-refractivity contribution in [3.63, 3.8) is 0 Å². The first kappa shape index (κ1) is 14.2. The topological polar surface area (TPSA) is 35.6 Å². The predicted molar refractivity (Wildman–Crippen MR) is 79.2 cm³/mol. The molecule has 104 valence electrons. The second kappa shape index (κ2) is 7.43. The molecule has 19 heavy (non-hydrogen) atoms. The van der Waals surface area contributed by atoms with Crippen LogP contribution in [0.1, 0.15) is 5.56 Å². The van der Waals surface area contributed by atoms with Gasteiger partial charge in [-0.05, 0) is 22.4 Å². The fourth-order valence-corrected chi connectivity index (χ4v) is 2.85. The van der Waals surface area contributed by atoms with Crippen LogP contribution in [0.5, 0.6) is 0 Å². The molecule has 0 unspecified atom stereocenters. The maximum atomic E-state index is 11.9. The monoisotopic (exact) mass is 279 g/mol. The third-order valence-corrected chi connectivity index (χ3v) is 4.01. The highest BCUT2D eigenvalue weighted by atomic mass is 32.1. The Balaban J connectivity index is 1.69. The number of nitrogens with zero attached hydrogens (tertiary/aromatic N) is 2. The van der Waals surface area contributed by atoms with Gasteiger partial charge in [0.25, 0.3) is 0 Å². The van der Waals surface area contributed by atoms with Crippen LogP contribution in [0.15, 0.2) is 29.5 Å². The number of nitrogens with one attached hydrogen (secondary N) is 1. The standard InChI is InChI=1S/C14H21N3OS/c1-2-4-15-10-14(18)17-7-5-16(6-8-17)11-13-3-9-19-12-13/h2-3,9,12,15H,1,4-8,10-11H2. The van der Waals surface area contributed by atoms with Gasteiger partial charge in [0.05, 0.1) is 6.54 Å².